The van der Waals surface area contributed by atoms with Gasteiger partial charge in [0.1, 0.15) is 0 Å². The molecule has 0 spiro atoms. The fraction of sp³-hybridized carbons (Fsp3) is 0.944. The van der Waals surface area contributed by atoms with Crippen LogP contribution in [0.5, 0.6) is 0 Å². The maximum atomic E-state index is 12.9. The summed E-state index contributed by atoms with van der Waals surface area (Å²) < 4.78 is 0. The Morgan fingerprint density at radius 2 is 1.78 bits per heavy atom. The molecule has 0 radical (unpaired) electrons. The Balaban J connectivity index is 0.00000192. The Morgan fingerprint density at radius 1 is 1.04 bits per heavy atom. The highest BCUT2D eigenvalue weighted by atomic mass is 35.5. The molecular formula is C18H34ClN3O. The summed E-state index contributed by atoms with van der Waals surface area (Å²) in [5.41, 5.74) is 0. The predicted octanol–water partition coefficient (Wildman–Crippen LogP) is 2.52. The Bertz CT molecular complexity index is 375. The van der Waals surface area contributed by atoms with Gasteiger partial charge in [0, 0.05) is 19.1 Å². The van der Waals surface area contributed by atoms with Gasteiger partial charge < -0.3 is 10.2 Å². The number of hydrogen-bond acceptors (Lipinski definition) is 3. The van der Waals surface area contributed by atoms with Gasteiger partial charge in [-0.3, -0.25) is 9.69 Å². The van der Waals surface area contributed by atoms with E-state index in [1.807, 2.05) is 7.05 Å². The molecule has 2 saturated heterocycles. The Hall–Kier alpha value is -0.320. The van der Waals surface area contributed by atoms with E-state index in [9.17, 15) is 4.79 Å². The molecule has 0 aromatic heterocycles. The summed E-state index contributed by atoms with van der Waals surface area (Å²) in [4.78, 5) is 17.5. The van der Waals surface area contributed by atoms with Crippen molar-refractivity contribution in [2.45, 2.75) is 57.4 Å². The van der Waals surface area contributed by atoms with Crippen LogP contribution >= 0.6 is 12.4 Å². The minimum Gasteiger partial charge on any atom is -0.338 e. The second-order valence-electron chi connectivity index (χ2n) is 7.64. The zero-order chi connectivity index (χ0) is 15.4. The molecule has 1 amide bonds. The number of amides is 1. The van der Waals surface area contributed by atoms with Gasteiger partial charge in [0.15, 0.2) is 0 Å². The van der Waals surface area contributed by atoms with Crippen LogP contribution in [0.4, 0.5) is 0 Å². The van der Waals surface area contributed by atoms with Crippen LogP contribution in [0.25, 0.3) is 0 Å². The highest BCUT2D eigenvalue weighted by molar-refractivity contribution is 5.85. The van der Waals surface area contributed by atoms with Gasteiger partial charge in [0.05, 0.1) is 6.54 Å². The summed E-state index contributed by atoms with van der Waals surface area (Å²) in [6.45, 7) is 4.94. The molecule has 1 saturated carbocycles. The number of piperidine rings is 2. The van der Waals surface area contributed by atoms with Crippen molar-refractivity contribution in [3.05, 3.63) is 0 Å². The fourth-order valence-electron chi connectivity index (χ4n) is 4.97. The standard InChI is InChI=1S/C18H33N3O.ClH/c1-19-12-15-6-4-10-20(13-15)14-18(22)21-11-5-8-16-7-2-3-9-17(16)21;/h15-17,19H,2-14H2,1H3;1H. The molecular weight excluding hydrogens is 310 g/mol. The molecule has 3 unspecified atom stereocenters. The number of carbonyl (C=O) groups is 1. The molecule has 0 aromatic rings. The van der Waals surface area contributed by atoms with E-state index in [0.717, 1.165) is 38.0 Å². The van der Waals surface area contributed by atoms with E-state index in [4.69, 9.17) is 0 Å². The molecule has 3 fully saturated rings. The molecule has 3 aliphatic rings. The molecule has 0 bridgehead atoms. The summed E-state index contributed by atoms with van der Waals surface area (Å²) in [6.07, 6.45) is 10.4. The van der Waals surface area contributed by atoms with Crippen molar-refractivity contribution >= 4 is 18.3 Å². The topological polar surface area (TPSA) is 35.6 Å². The van der Waals surface area contributed by atoms with Crippen molar-refractivity contribution in [2.24, 2.45) is 11.8 Å². The number of nitrogens with one attached hydrogen (secondary N) is 1. The van der Waals surface area contributed by atoms with Crippen LogP contribution in [-0.2, 0) is 4.79 Å². The van der Waals surface area contributed by atoms with Crippen molar-refractivity contribution in [3.8, 4) is 0 Å². The summed E-state index contributed by atoms with van der Waals surface area (Å²) >= 11 is 0. The fourth-order valence-corrected chi connectivity index (χ4v) is 4.97. The van der Waals surface area contributed by atoms with E-state index in [-0.39, 0.29) is 12.4 Å². The van der Waals surface area contributed by atoms with E-state index >= 15 is 0 Å². The molecule has 3 atom stereocenters. The van der Waals surface area contributed by atoms with Crippen LogP contribution in [-0.4, -0.2) is 61.5 Å². The van der Waals surface area contributed by atoms with Gasteiger partial charge in [-0.2, -0.15) is 0 Å². The van der Waals surface area contributed by atoms with Crippen molar-refractivity contribution in [1.29, 1.82) is 0 Å². The van der Waals surface area contributed by atoms with E-state index in [1.165, 1.54) is 51.4 Å². The van der Waals surface area contributed by atoms with Crippen LogP contribution in [0.1, 0.15) is 51.4 Å². The normalized spacial score (nSPS) is 32.0. The van der Waals surface area contributed by atoms with Crippen molar-refractivity contribution in [1.82, 2.24) is 15.1 Å². The first-order chi connectivity index (χ1) is 10.8. The number of halogens is 1. The first-order valence-electron chi connectivity index (χ1n) is 9.44. The zero-order valence-electron chi connectivity index (χ0n) is 14.6. The largest absolute Gasteiger partial charge is 0.338 e. The highest BCUT2D eigenvalue weighted by Gasteiger charge is 2.36. The first-order valence-corrected chi connectivity index (χ1v) is 9.44. The van der Waals surface area contributed by atoms with E-state index < -0.39 is 0 Å². The molecule has 134 valence electrons. The number of carbonyl (C=O) groups excluding carboxylic acids is 1. The number of fused-ring (bicyclic) bond motifs is 1. The van der Waals surface area contributed by atoms with Gasteiger partial charge >= 0.3 is 0 Å². The molecule has 2 heterocycles. The van der Waals surface area contributed by atoms with Gasteiger partial charge in [0.25, 0.3) is 0 Å². The SMILES string of the molecule is CNCC1CCCN(CC(=O)N2CCCC3CCCCC32)C1.Cl. The molecule has 0 aromatic carbocycles. The minimum absolute atomic E-state index is 0. The molecule has 4 nitrogen and oxygen atoms in total. The lowest BCUT2D eigenvalue weighted by Gasteiger charge is -2.45. The van der Waals surface area contributed by atoms with Gasteiger partial charge in [-0.15, -0.1) is 12.4 Å². The van der Waals surface area contributed by atoms with Crippen molar-refractivity contribution in [2.75, 3.05) is 39.8 Å². The van der Waals surface area contributed by atoms with Crippen LogP contribution in [0.2, 0.25) is 0 Å². The van der Waals surface area contributed by atoms with Crippen molar-refractivity contribution in [3.63, 3.8) is 0 Å². The summed E-state index contributed by atoms with van der Waals surface area (Å²) in [5.74, 6) is 1.92. The lowest BCUT2D eigenvalue weighted by Crippen LogP contribution is -2.53. The van der Waals surface area contributed by atoms with Gasteiger partial charge in [-0.05, 0) is 70.5 Å². The maximum absolute atomic E-state index is 12.9. The third-order valence-corrected chi connectivity index (χ3v) is 6.02. The third kappa shape index (κ3) is 4.83. The minimum atomic E-state index is 0. The molecule has 5 heteroatoms. The highest BCUT2D eigenvalue weighted by Crippen LogP contribution is 2.35. The third-order valence-electron chi connectivity index (χ3n) is 6.02. The smallest absolute Gasteiger partial charge is 0.237 e. The van der Waals surface area contributed by atoms with Gasteiger partial charge in [-0.25, -0.2) is 0 Å². The van der Waals surface area contributed by atoms with Crippen LogP contribution in [0, 0.1) is 11.8 Å². The quantitative estimate of drug-likeness (QED) is 0.852. The first kappa shape index (κ1) is 19.0. The Kier molecular flexibility index (Phi) is 7.64. The maximum Gasteiger partial charge on any atom is 0.237 e. The van der Waals surface area contributed by atoms with Gasteiger partial charge in [0.2, 0.25) is 5.91 Å². The van der Waals surface area contributed by atoms with E-state index in [0.29, 0.717) is 18.5 Å². The zero-order valence-corrected chi connectivity index (χ0v) is 15.5. The number of rotatable bonds is 4. The van der Waals surface area contributed by atoms with Crippen LogP contribution in [0.3, 0.4) is 0 Å². The lowest BCUT2D eigenvalue weighted by molar-refractivity contribution is -0.139. The van der Waals surface area contributed by atoms with Gasteiger partial charge in [-0.1, -0.05) is 12.8 Å². The summed E-state index contributed by atoms with van der Waals surface area (Å²) in [7, 11) is 2.03. The Labute approximate surface area is 147 Å². The van der Waals surface area contributed by atoms with E-state index in [1.54, 1.807) is 0 Å². The van der Waals surface area contributed by atoms with Crippen molar-refractivity contribution < 1.29 is 4.79 Å². The molecule has 3 rings (SSSR count). The number of nitrogens with zero attached hydrogens (tertiary/aromatic N) is 2. The molecule has 1 N–H and O–H groups in total. The van der Waals surface area contributed by atoms with Crippen LogP contribution in [0.15, 0.2) is 0 Å². The average molecular weight is 344 g/mol. The summed E-state index contributed by atoms with van der Waals surface area (Å²) in [6, 6.07) is 0.563. The van der Waals surface area contributed by atoms with E-state index in [2.05, 4.69) is 15.1 Å². The number of likely N-dealkylation sites (tertiary alicyclic amines) is 2. The van der Waals surface area contributed by atoms with Crippen LogP contribution < -0.4 is 5.32 Å². The molecule has 23 heavy (non-hydrogen) atoms. The predicted molar refractivity (Wildman–Crippen MR) is 97.0 cm³/mol. The summed E-state index contributed by atoms with van der Waals surface area (Å²) in [5, 5.41) is 3.29. The lowest BCUT2D eigenvalue weighted by atomic mass is 9.78. The second kappa shape index (κ2) is 9.24. The molecule has 1 aliphatic carbocycles. The second-order valence-corrected chi connectivity index (χ2v) is 7.64. The average Bonchev–Trinajstić information content (AvgIpc) is 2.55. The number of hydrogen-bond donors (Lipinski definition) is 1. The molecule has 2 aliphatic heterocycles. The Morgan fingerprint density at radius 3 is 2.61 bits per heavy atom. The monoisotopic (exact) mass is 343 g/mol.